The van der Waals surface area contributed by atoms with E-state index < -0.39 is 29.5 Å². The zero-order chi connectivity index (χ0) is 51.6. The van der Waals surface area contributed by atoms with E-state index in [2.05, 4.69) is 4.98 Å². The summed E-state index contributed by atoms with van der Waals surface area (Å²) in [5, 5.41) is 13.9. The van der Waals surface area contributed by atoms with Crippen molar-refractivity contribution in [2.75, 3.05) is 13.2 Å². The monoisotopic (exact) mass is 982 g/mol. The number of pyridine rings is 4. The van der Waals surface area contributed by atoms with Crippen LogP contribution < -0.4 is 9.47 Å². The van der Waals surface area contributed by atoms with Gasteiger partial charge in [0.2, 0.25) is 0 Å². The van der Waals surface area contributed by atoms with Gasteiger partial charge in [-0.15, -0.1) is 0 Å². The Morgan fingerprint density at radius 1 is 0.616 bits per heavy atom. The van der Waals surface area contributed by atoms with Crippen LogP contribution in [0.4, 0.5) is 0 Å². The van der Waals surface area contributed by atoms with Crippen LogP contribution in [0.15, 0.2) is 85.2 Å². The lowest BCUT2D eigenvalue weighted by Crippen LogP contribution is -2.27. The Balaban J connectivity index is 0.000000192. The summed E-state index contributed by atoms with van der Waals surface area (Å²) in [6.07, 6.45) is 3.07. The molecule has 2 aliphatic heterocycles. The van der Waals surface area contributed by atoms with Gasteiger partial charge in [-0.3, -0.25) is 29.3 Å². The number of ketones is 3. The molecule has 0 spiro atoms. The van der Waals surface area contributed by atoms with E-state index in [1.54, 1.807) is 26.8 Å². The van der Waals surface area contributed by atoms with Crippen LogP contribution >= 0.6 is 0 Å². The van der Waals surface area contributed by atoms with Crippen molar-refractivity contribution < 1.29 is 38.4 Å². The van der Waals surface area contributed by atoms with E-state index in [0.717, 1.165) is 107 Å². The van der Waals surface area contributed by atoms with Crippen molar-refractivity contribution in [3.8, 4) is 33.8 Å². The quantitative estimate of drug-likeness (QED) is 0.129. The molecular weight excluding hydrogens is 917 g/mol. The number of fused-ring (bicyclic) bond motifs is 2. The second-order valence-corrected chi connectivity index (χ2v) is 21.0. The van der Waals surface area contributed by atoms with Crippen LogP contribution in [-0.4, -0.2) is 66.8 Å². The van der Waals surface area contributed by atoms with E-state index in [0.29, 0.717) is 30.1 Å². The number of benzene rings is 4. The third-order valence-corrected chi connectivity index (χ3v) is 13.2. The SMILES string of the molecule is C.CC(=O)[C@@H](OC(C)(C)C)c1c(C)cc2nc(C(C)O)ccc2c1-c1ccc2c3c(ccnc13)CCO2.CC(=O)c1ccc2c(-c3ccc4c5c(ccnc35)CCO4)c([C@H](OC(C)(C)C)C(C)=O)c(C)cc2n1. The minimum absolute atomic E-state index is 0. The van der Waals surface area contributed by atoms with Gasteiger partial charge in [0, 0.05) is 64.8 Å². The number of aryl methyl sites for hydroxylation is 2. The maximum atomic E-state index is 13.1. The number of hydrogen-bond acceptors (Lipinski definition) is 12. The first-order chi connectivity index (χ1) is 34.1. The Labute approximate surface area is 427 Å². The molecule has 6 heterocycles. The largest absolute Gasteiger partial charge is 0.493 e. The first-order valence-corrected chi connectivity index (χ1v) is 24.6. The van der Waals surface area contributed by atoms with Gasteiger partial charge in [0.15, 0.2) is 17.3 Å². The summed E-state index contributed by atoms with van der Waals surface area (Å²) < 4.78 is 24.7. The molecule has 0 bridgehead atoms. The van der Waals surface area contributed by atoms with Gasteiger partial charge in [0.25, 0.3) is 0 Å². The molecule has 2 aliphatic rings. The third-order valence-electron chi connectivity index (χ3n) is 13.2. The molecule has 73 heavy (non-hydrogen) atoms. The zero-order valence-corrected chi connectivity index (χ0v) is 43.2. The van der Waals surface area contributed by atoms with E-state index in [1.807, 2.05) is 135 Å². The van der Waals surface area contributed by atoms with Crippen molar-refractivity contribution >= 4 is 61.0 Å². The molecule has 4 aromatic carbocycles. The number of hydrogen-bond donors (Lipinski definition) is 1. The number of aromatic nitrogens is 4. The number of rotatable bonds is 10. The molecule has 8 aromatic rings. The summed E-state index contributed by atoms with van der Waals surface area (Å²) in [6, 6.07) is 23.5. The molecule has 0 aliphatic carbocycles. The van der Waals surface area contributed by atoms with Gasteiger partial charge < -0.3 is 24.1 Å². The Bertz CT molecular complexity index is 3490. The Morgan fingerprint density at radius 3 is 1.47 bits per heavy atom. The van der Waals surface area contributed by atoms with Crippen molar-refractivity contribution in [3.63, 3.8) is 0 Å². The smallest absolute Gasteiger partial charge is 0.178 e. The summed E-state index contributed by atoms with van der Waals surface area (Å²) in [4.78, 5) is 57.2. The third kappa shape index (κ3) is 10.2. The molecule has 1 unspecified atom stereocenters. The van der Waals surface area contributed by atoms with E-state index >= 15 is 0 Å². The zero-order valence-electron chi connectivity index (χ0n) is 43.2. The van der Waals surface area contributed by atoms with Crippen molar-refractivity contribution in [3.05, 3.63) is 130 Å². The molecule has 10 rings (SSSR count). The van der Waals surface area contributed by atoms with Gasteiger partial charge in [0.1, 0.15) is 29.4 Å². The van der Waals surface area contributed by atoms with E-state index in [9.17, 15) is 19.5 Å². The van der Waals surface area contributed by atoms with E-state index in [1.165, 1.54) is 18.1 Å². The predicted molar refractivity (Wildman–Crippen MR) is 289 cm³/mol. The molecule has 0 amide bonds. The highest BCUT2D eigenvalue weighted by molar-refractivity contribution is 6.10. The van der Waals surface area contributed by atoms with Crippen LogP contribution in [0.2, 0.25) is 0 Å². The Kier molecular flexibility index (Phi) is 14.4. The second kappa shape index (κ2) is 20.1. The van der Waals surface area contributed by atoms with Crippen molar-refractivity contribution in [1.82, 2.24) is 19.9 Å². The number of carbonyl (C=O) groups is 3. The minimum atomic E-state index is -0.779. The van der Waals surface area contributed by atoms with Crippen molar-refractivity contribution in [1.29, 1.82) is 0 Å². The van der Waals surface area contributed by atoms with E-state index in [-0.39, 0.29) is 24.8 Å². The maximum Gasteiger partial charge on any atom is 0.178 e. The summed E-state index contributed by atoms with van der Waals surface area (Å²) >= 11 is 0. The Morgan fingerprint density at radius 2 is 1.05 bits per heavy atom. The average molecular weight is 983 g/mol. The molecule has 3 atom stereocenters. The average Bonchev–Trinajstić information content (AvgIpc) is 3.32. The lowest BCUT2D eigenvalue weighted by Gasteiger charge is -2.30. The van der Waals surface area contributed by atoms with Crippen LogP contribution in [-0.2, 0) is 31.9 Å². The fourth-order valence-corrected chi connectivity index (χ4v) is 10.1. The Hall–Kier alpha value is -6.99. The molecule has 1 N–H and O–H groups in total. The van der Waals surface area contributed by atoms with Crippen LogP contribution in [0.1, 0.15) is 145 Å². The highest BCUT2D eigenvalue weighted by Crippen LogP contribution is 2.47. The molecule has 12 heteroatoms. The summed E-state index contributed by atoms with van der Waals surface area (Å²) in [5.74, 6) is 1.39. The molecule has 0 radical (unpaired) electrons. The molecule has 4 aromatic heterocycles. The van der Waals surface area contributed by atoms with E-state index in [4.69, 9.17) is 33.9 Å². The fraction of sp³-hybridized carbons (Fsp3) is 0.361. The van der Waals surface area contributed by atoms with Gasteiger partial charge >= 0.3 is 0 Å². The maximum absolute atomic E-state index is 13.1. The van der Waals surface area contributed by atoms with Crippen molar-refractivity contribution in [2.45, 2.75) is 133 Å². The molecule has 0 saturated heterocycles. The lowest BCUT2D eigenvalue weighted by atomic mass is 9.85. The van der Waals surface area contributed by atoms with Crippen molar-refractivity contribution in [2.24, 2.45) is 0 Å². The first kappa shape index (κ1) is 52.3. The number of Topliss-reactive ketones (excluding diaryl/α,β-unsaturated/α-hetero) is 3. The fourth-order valence-electron chi connectivity index (χ4n) is 10.1. The summed E-state index contributed by atoms with van der Waals surface area (Å²) in [6.45, 7) is 23.3. The van der Waals surface area contributed by atoms with Gasteiger partial charge in [-0.1, -0.05) is 13.5 Å². The molecule has 378 valence electrons. The topological polar surface area (TPSA) is 160 Å². The number of carbonyl (C=O) groups excluding carboxylic acids is 3. The molecule has 0 fully saturated rings. The van der Waals surface area contributed by atoms with Crippen LogP contribution in [0.5, 0.6) is 11.5 Å². The lowest BCUT2D eigenvalue weighted by molar-refractivity contribution is -0.139. The number of nitrogens with zero attached hydrogens (tertiary/aromatic N) is 4. The molecule has 12 nitrogen and oxygen atoms in total. The van der Waals surface area contributed by atoms with Gasteiger partial charge in [-0.2, -0.15) is 0 Å². The van der Waals surface area contributed by atoms with Crippen LogP contribution in [0, 0.1) is 13.8 Å². The number of aliphatic hydroxyl groups excluding tert-OH is 1. The number of ether oxygens (including phenoxy) is 4. The first-order valence-electron chi connectivity index (χ1n) is 24.6. The molecule has 0 saturated carbocycles. The van der Waals surface area contributed by atoms with Gasteiger partial charge in [-0.25, -0.2) is 4.98 Å². The summed E-state index contributed by atoms with van der Waals surface area (Å²) in [7, 11) is 0. The van der Waals surface area contributed by atoms with Gasteiger partial charge in [0.05, 0.1) is 58.3 Å². The molecular formula is C61H66N4O8. The number of aliphatic hydroxyl groups is 1. The highest BCUT2D eigenvalue weighted by atomic mass is 16.5. The second-order valence-electron chi connectivity index (χ2n) is 21.0. The normalized spacial score (nSPS) is 14.4. The highest BCUT2D eigenvalue weighted by Gasteiger charge is 2.33. The predicted octanol–water partition coefficient (Wildman–Crippen LogP) is 13.2. The summed E-state index contributed by atoms with van der Waals surface area (Å²) in [5.41, 5.74) is 12.3. The van der Waals surface area contributed by atoms with Crippen LogP contribution in [0.25, 0.3) is 65.9 Å². The van der Waals surface area contributed by atoms with Gasteiger partial charge in [-0.05, 0) is 187 Å². The van der Waals surface area contributed by atoms with Crippen LogP contribution in [0.3, 0.4) is 0 Å². The minimum Gasteiger partial charge on any atom is -0.493 e. The standard InChI is InChI=1S/C30H32N2O4.C30H30N2O4.CH4/c2*1-16-15-23-20(7-9-22(32-23)17(2)33)27(25(16)29(18(3)34)36-30(4,5)6)21-8-10-24-26-19(12-14-35-24)11-13-31-28(21)26;/h7-11,13,15,17,29,33H,12,14H2,1-6H3;7-11,13,15,29H,12,14H2,1-6H3;1H4/t17?,29-;29-;/m11./s1.